The lowest BCUT2D eigenvalue weighted by Gasteiger charge is -2.28. The molecule has 0 radical (unpaired) electrons. The molecule has 1 aliphatic carbocycles. The lowest BCUT2D eigenvalue weighted by molar-refractivity contribution is 0.0988. The van der Waals surface area contributed by atoms with Crippen LogP contribution in [0.5, 0.6) is 5.88 Å². The van der Waals surface area contributed by atoms with E-state index in [0.717, 1.165) is 12.1 Å². The summed E-state index contributed by atoms with van der Waals surface area (Å²) in [4.78, 5) is 8.67. The van der Waals surface area contributed by atoms with Gasteiger partial charge in [0.1, 0.15) is 6.10 Å². The summed E-state index contributed by atoms with van der Waals surface area (Å²) in [5, 5.41) is 0. The molecule has 0 amide bonds. The minimum absolute atomic E-state index is 0.217. The third kappa shape index (κ3) is 2.35. The average Bonchev–Trinajstić information content (AvgIpc) is 2.89. The van der Waals surface area contributed by atoms with Crippen molar-refractivity contribution in [2.75, 3.05) is 5.43 Å². The van der Waals surface area contributed by atoms with Gasteiger partial charge in [0.15, 0.2) is 5.82 Å². The first-order valence-electron chi connectivity index (χ1n) is 6.75. The quantitative estimate of drug-likeness (QED) is 0.652. The lowest BCUT2D eigenvalue weighted by atomic mass is 9.88. The van der Waals surface area contributed by atoms with Gasteiger partial charge in [-0.3, -0.25) is 4.40 Å². The van der Waals surface area contributed by atoms with E-state index >= 15 is 0 Å². The maximum Gasteiger partial charge on any atom is 0.260 e. The van der Waals surface area contributed by atoms with Gasteiger partial charge in [-0.15, -0.1) is 0 Å². The van der Waals surface area contributed by atoms with E-state index in [2.05, 4.69) is 22.3 Å². The van der Waals surface area contributed by atoms with Gasteiger partial charge in [0, 0.05) is 12.4 Å². The van der Waals surface area contributed by atoms with Crippen LogP contribution in [-0.2, 0) is 0 Å². The van der Waals surface area contributed by atoms with Crippen LogP contribution < -0.4 is 16.0 Å². The number of anilines is 1. The smallest absolute Gasteiger partial charge is 0.260 e. The third-order valence-corrected chi connectivity index (χ3v) is 3.79. The fourth-order valence-electron chi connectivity index (χ4n) is 2.65. The zero-order valence-electron chi connectivity index (χ0n) is 11.0. The van der Waals surface area contributed by atoms with Crippen LogP contribution in [0.4, 0.5) is 5.82 Å². The summed E-state index contributed by atoms with van der Waals surface area (Å²) in [6.45, 7) is 2.23. The van der Waals surface area contributed by atoms with E-state index in [1.807, 2.05) is 10.6 Å². The standard InChI is InChI=1S/C13H19N5O/c1-9-4-2-3-5-10(9)19-13-12-15-6-7-18(12)8-11(16-13)17-14/h6-10,17H,2-5,14H2,1H3. The van der Waals surface area contributed by atoms with Gasteiger partial charge in [-0.25, -0.2) is 10.8 Å². The Morgan fingerprint density at radius 1 is 1.42 bits per heavy atom. The molecule has 3 N–H and O–H groups in total. The number of hydrogen-bond acceptors (Lipinski definition) is 5. The Morgan fingerprint density at radius 3 is 3.05 bits per heavy atom. The van der Waals surface area contributed by atoms with Crippen molar-refractivity contribution in [2.45, 2.75) is 38.7 Å². The molecule has 0 saturated heterocycles. The molecule has 1 fully saturated rings. The summed E-state index contributed by atoms with van der Waals surface area (Å²) in [6.07, 6.45) is 10.4. The summed E-state index contributed by atoms with van der Waals surface area (Å²) in [5.74, 6) is 7.12. The second-order valence-corrected chi connectivity index (χ2v) is 5.15. The minimum atomic E-state index is 0.217. The summed E-state index contributed by atoms with van der Waals surface area (Å²) in [5.41, 5.74) is 3.29. The van der Waals surface area contributed by atoms with Crippen molar-refractivity contribution in [1.82, 2.24) is 14.4 Å². The lowest BCUT2D eigenvalue weighted by Crippen LogP contribution is -2.29. The molecule has 2 heterocycles. The Balaban J connectivity index is 1.92. The highest BCUT2D eigenvalue weighted by molar-refractivity contribution is 5.53. The fraction of sp³-hybridized carbons (Fsp3) is 0.538. The molecule has 3 rings (SSSR count). The molecule has 0 aromatic carbocycles. The van der Waals surface area contributed by atoms with Gasteiger partial charge in [-0.2, -0.15) is 4.98 Å². The van der Waals surface area contributed by atoms with Crippen molar-refractivity contribution in [2.24, 2.45) is 11.8 Å². The molecular weight excluding hydrogens is 242 g/mol. The van der Waals surface area contributed by atoms with Crippen LogP contribution in [0, 0.1) is 5.92 Å². The van der Waals surface area contributed by atoms with Gasteiger partial charge in [-0.1, -0.05) is 13.3 Å². The average molecular weight is 261 g/mol. The monoisotopic (exact) mass is 261 g/mol. The van der Waals surface area contributed by atoms with Crippen molar-refractivity contribution in [3.05, 3.63) is 18.6 Å². The first-order valence-corrected chi connectivity index (χ1v) is 6.75. The van der Waals surface area contributed by atoms with E-state index in [-0.39, 0.29) is 6.10 Å². The molecule has 1 aliphatic rings. The number of nitrogens with zero attached hydrogens (tertiary/aromatic N) is 3. The first-order chi connectivity index (χ1) is 9.28. The van der Waals surface area contributed by atoms with Crippen molar-refractivity contribution in [3.63, 3.8) is 0 Å². The number of nitrogen functional groups attached to an aromatic ring is 1. The van der Waals surface area contributed by atoms with E-state index in [9.17, 15) is 0 Å². The molecule has 102 valence electrons. The van der Waals surface area contributed by atoms with Gasteiger partial charge < -0.3 is 10.2 Å². The van der Waals surface area contributed by atoms with Crippen LogP contribution in [0.3, 0.4) is 0 Å². The maximum atomic E-state index is 6.09. The van der Waals surface area contributed by atoms with Crippen LogP contribution in [0.1, 0.15) is 32.6 Å². The Kier molecular flexibility index (Phi) is 3.25. The van der Waals surface area contributed by atoms with Crippen LogP contribution in [0.25, 0.3) is 5.65 Å². The van der Waals surface area contributed by atoms with Gasteiger partial charge in [0.2, 0.25) is 5.65 Å². The molecule has 2 aromatic rings. The zero-order valence-corrected chi connectivity index (χ0v) is 11.0. The SMILES string of the molecule is CC1CCCCC1Oc1nc(NN)cn2ccnc12. The Bertz CT molecular complexity index is 567. The number of ether oxygens (including phenoxy) is 1. The van der Waals surface area contributed by atoms with E-state index < -0.39 is 0 Å². The molecule has 19 heavy (non-hydrogen) atoms. The molecule has 2 atom stereocenters. The molecule has 6 nitrogen and oxygen atoms in total. The minimum Gasteiger partial charge on any atom is -0.471 e. The number of imidazole rings is 1. The molecule has 6 heteroatoms. The normalized spacial score (nSPS) is 23.5. The second kappa shape index (κ2) is 5.05. The highest BCUT2D eigenvalue weighted by Crippen LogP contribution is 2.29. The van der Waals surface area contributed by atoms with Crippen LogP contribution in [-0.4, -0.2) is 20.5 Å². The van der Waals surface area contributed by atoms with E-state index in [4.69, 9.17) is 10.6 Å². The van der Waals surface area contributed by atoms with Crippen molar-refractivity contribution in [3.8, 4) is 5.88 Å². The highest BCUT2D eigenvalue weighted by Gasteiger charge is 2.24. The topological polar surface area (TPSA) is 77.5 Å². The molecule has 2 aromatic heterocycles. The Hall–Kier alpha value is -1.82. The summed E-state index contributed by atoms with van der Waals surface area (Å²) in [7, 11) is 0. The van der Waals surface area contributed by atoms with Gasteiger partial charge in [0.05, 0.1) is 6.20 Å². The predicted octanol–water partition coefficient (Wildman–Crippen LogP) is 1.97. The number of fused-ring (bicyclic) bond motifs is 1. The molecule has 0 aliphatic heterocycles. The Morgan fingerprint density at radius 2 is 2.26 bits per heavy atom. The number of hydrogen-bond donors (Lipinski definition) is 2. The molecule has 1 saturated carbocycles. The van der Waals surface area contributed by atoms with Crippen LogP contribution in [0.2, 0.25) is 0 Å². The van der Waals surface area contributed by atoms with Gasteiger partial charge in [0.25, 0.3) is 5.88 Å². The number of nitrogens with one attached hydrogen (secondary N) is 1. The number of nitrogens with two attached hydrogens (primary N) is 1. The summed E-state index contributed by atoms with van der Waals surface area (Å²) in [6, 6.07) is 0. The number of rotatable bonds is 3. The molecular formula is C13H19N5O. The van der Waals surface area contributed by atoms with Crippen molar-refractivity contribution in [1.29, 1.82) is 0 Å². The summed E-state index contributed by atoms with van der Waals surface area (Å²) < 4.78 is 7.96. The van der Waals surface area contributed by atoms with Gasteiger partial charge in [-0.05, 0) is 25.2 Å². The van der Waals surface area contributed by atoms with Crippen molar-refractivity contribution < 1.29 is 4.74 Å². The highest BCUT2D eigenvalue weighted by atomic mass is 16.5. The summed E-state index contributed by atoms with van der Waals surface area (Å²) >= 11 is 0. The zero-order chi connectivity index (χ0) is 13.2. The van der Waals surface area contributed by atoms with Crippen molar-refractivity contribution >= 4 is 11.5 Å². The predicted molar refractivity (Wildman–Crippen MR) is 72.8 cm³/mol. The largest absolute Gasteiger partial charge is 0.471 e. The Labute approximate surface area is 112 Å². The molecule has 0 bridgehead atoms. The molecule has 2 unspecified atom stereocenters. The van der Waals surface area contributed by atoms with Crippen LogP contribution >= 0.6 is 0 Å². The number of aromatic nitrogens is 3. The second-order valence-electron chi connectivity index (χ2n) is 5.15. The van der Waals surface area contributed by atoms with Crippen LogP contribution in [0.15, 0.2) is 18.6 Å². The van der Waals surface area contributed by atoms with E-state index in [1.54, 1.807) is 12.4 Å². The molecule has 0 spiro atoms. The number of hydrazine groups is 1. The first kappa shape index (κ1) is 12.2. The van der Waals surface area contributed by atoms with E-state index in [0.29, 0.717) is 17.6 Å². The van der Waals surface area contributed by atoms with Gasteiger partial charge >= 0.3 is 0 Å². The third-order valence-electron chi connectivity index (χ3n) is 3.79. The maximum absolute atomic E-state index is 6.09. The fourth-order valence-corrected chi connectivity index (χ4v) is 2.65. The van der Waals surface area contributed by atoms with E-state index in [1.165, 1.54) is 19.3 Å².